The van der Waals surface area contributed by atoms with Crippen molar-refractivity contribution in [1.29, 1.82) is 0 Å². The lowest BCUT2D eigenvalue weighted by Crippen LogP contribution is -2.37. The Hall–Kier alpha value is -0.240. The van der Waals surface area contributed by atoms with Crippen LogP contribution in [0.1, 0.15) is 6.92 Å². The molecule has 0 aromatic carbocycles. The molecular formula is C6H12O6. The predicted octanol–water partition coefficient (Wildman–Crippen LogP) is -0.831. The highest BCUT2D eigenvalue weighted by Crippen LogP contribution is 2.16. The summed E-state index contributed by atoms with van der Waals surface area (Å²) in [4.78, 5) is 9.10. The number of hydrogen-bond acceptors (Lipinski definition) is 6. The van der Waals surface area contributed by atoms with E-state index in [4.69, 9.17) is 5.11 Å². The van der Waals surface area contributed by atoms with Crippen molar-refractivity contribution in [3.8, 4) is 0 Å². The van der Waals surface area contributed by atoms with E-state index in [1.54, 1.807) is 6.92 Å². The fraction of sp³-hybridized carbons (Fsp3) is 1.00. The van der Waals surface area contributed by atoms with Gasteiger partial charge in [-0.15, -0.1) is 0 Å². The van der Waals surface area contributed by atoms with Gasteiger partial charge < -0.3 is 10.2 Å². The Bertz CT molecular complexity index is 129. The molecule has 1 aliphatic heterocycles. The van der Waals surface area contributed by atoms with Crippen LogP contribution in [0.15, 0.2) is 0 Å². The van der Waals surface area contributed by atoms with Gasteiger partial charge in [0, 0.05) is 5.92 Å². The molecule has 0 aromatic rings. The van der Waals surface area contributed by atoms with Gasteiger partial charge in [-0.2, -0.15) is 4.89 Å². The SMILES string of the molecule is CC1COOOOC1C(O)CO. The molecule has 0 radical (unpaired) electrons. The smallest absolute Gasteiger partial charge is 0.129 e. The molecule has 0 spiro atoms. The molecule has 1 rings (SSSR count). The van der Waals surface area contributed by atoms with E-state index in [0.29, 0.717) is 0 Å². The first-order valence-electron chi connectivity index (χ1n) is 3.66. The van der Waals surface area contributed by atoms with Crippen molar-refractivity contribution in [2.75, 3.05) is 13.2 Å². The van der Waals surface area contributed by atoms with Crippen LogP contribution in [0.2, 0.25) is 0 Å². The van der Waals surface area contributed by atoms with Crippen molar-refractivity contribution in [2.45, 2.75) is 19.1 Å². The lowest BCUT2D eigenvalue weighted by atomic mass is 10.0. The Morgan fingerprint density at radius 3 is 2.92 bits per heavy atom. The Morgan fingerprint density at radius 1 is 1.50 bits per heavy atom. The second kappa shape index (κ2) is 4.70. The van der Waals surface area contributed by atoms with Crippen LogP contribution in [-0.2, 0) is 19.9 Å². The number of rotatable bonds is 2. The molecule has 6 nitrogen and oxygen atoms in total. The quantitative estimate of drug-likeness (QED) is 0.540. The van der Waals surface area contributed by atoms with Gasteiger partial charge in [-0.25, -0.2) is 4.89 Å². The van der Waals surface area contributed by atoms with Crippen molar-refractivity contribution in [3.63, 3.8) is 0 Å². The van der Waals surface area contributed by atoms with Crippen molar-refractivity contribution in [3.05, 3.63) is 0 Å². The van der Waals surface area contributed by atoms with Crippen molar-refractivity contribution in [1.82, 2.24) is 0 Å². The maximum absolute atomic E-state index is 9.21. The molecule has 1 saturated heterocycles. The number of hydrogen-bond donors (Lipinski definition) is 2. The van der Waals surface area contributed by atoms with Gasteiger partial charge in [0.1, 0.15) is 12.2 Å². The Morgan fingerprint density at radius 2 is 2.25 bits per heavy atom. The van der Waals surface area contributed by atoms with Crippen molar-refractivity contribution >= 4 is 0 Å². The van der Waals surface area contributed by atoms with Gasteiger partial charge in [-0.1, -0.05) is 6.92 Å². The summed E-state index contributed by atoms with van der Waals surface area (Å²) in [5.41, 5.74) is 0. The highest BCUT2D eigenvalue weighted by Gasteiger charge is 2.30. The molecule has 3 atom stereocenters. The molecule has 1 fully saturated rings. The molecule has 0 bridgehead atoms. The Labute approximate surface area is 69.4 Å². The second-order valence-electron chi connectivity index (χ2n) is 2.71. The zero-order valence-corrected chi connectivity index (χ0v) is 6.67. The summed E-state index contributed by atoms with van der Waals surface area (Å²) in [6, 6.07) is 0. The molecule has 0 aromatic heterocycles. The molecule has 1 heterocycles. The minimum atomic E-state index is -0.995. The van der Waals surface area contributed by atoms with E-state index < -0.39 is 18.8 Å². The topological polar surface area (TPSA) is 77.4 Å². The largest absolute Gasteiger partial charge is 0.394 e. The van der Waals surface area contributed by atoms with E-state index in [0.717, 1.165) is 0 Å². The summed E-state index contributed by atoms with van der Waals surface area (Å²) in [7, 11) is 0. The maximum Gasteiger partial charge on any atom is 0.129 e. The van der Waals surface area contributed by atoms with Gasteiger partial charge in [-0.3, -0.25) is 0 Å². The average Bonchev–Trinajstić information content (AvgIpc) is 2.28. The molecule has 1 aliphatic rings. The average molecular weight is 180 g/mol. The number of aliphatic hydroxyl groups is 2. The van der Waals surface area contributed by atoms with Gasteiger partial charge >= 0.3 is 0 Å². The Balaban J connectivity index is 2.46. The second-order valence-corrected chi connectivity index (χ2v) is 2.71. The molecule has 12 heavy (non-hydrogen) atoms. The minimum absolute atomic E-state index is 0.116. The fourth-order valence-corrected chi connectivity index (χ4v) is 0.953. The zero-order chi connectivity index (χ0) is 8.97. The number of aliphatic hydroxyl groups excluding tert-OH is 2. The van der Waals surface area contributed by atoms with Crippen molar-refractivity contribution in [2.24, 2.45) is 5.92 Å². The van der Waals surface area contributed by atoms with Crippen LogP contribution in [0.25, 0.3) is 0 Å². The first-order chi connectivity index (χ1) is 5.75. The molecule has 0 saturated carbocycles. The lowest BCUT2D eigenvalue weighted by molar-refractivity contribution is -0.630. The summed E-state index contributed by atoms with van der Waals surface area (Å²) in [5.74, 6) is -0.116. The monoisotopic (exact) mass is 180 g/mol. The molecule has 0 amide bonds. The third-order valence-electron chi connectivity index (χ3n) is 1.68. The van der Waals surface area contributed by atoms with Gasteiger partial charge in [0.15, 0.2) is 0 Å². The third-order valence-corrected chi connectivity index (χ3v) is 1.68. The first-order valence-corrected chi connectivity index (χ1v) is 3.66. The molecule has 0 aliphatic carbocycles. The van der Waals surface area contributed by atoms with Crippen LogP contribution >= 0.6 is 0 Å². The van der Waals surface area contributed by atoms with Gasteiger partial charge in [0.05, 0.1) is 13.2 Å². The maximum atomic E-state index is 9.21. The van der Waals surface area contributed by atoms with Crippen LogP contribution < -0.4 is 0 Å². The van der Waals surface area contributed by atoms with Crippen LogP contribution in [0.5, 0.6) is 0 Å². The minimum Gasteiger partial charge on any atom is -0.394 e. The van der Waals surface area contributed by atoms with Crippen LogP contribution in [0.4, 0.5) is 0 Å². The van der Waals surface area contributed by atoms with Crippen LogP contribution in [-0.4, -0.2) is 35.6 Å². The molecule has 6 heteroatoms. The lowest BCUT2D eigenvalue weighted by Gasteiger charge is -2.20. The molecule has 2 N–H and O–H groups in total. The Kier molecular flexibility index (Phi) is 3.86. The highest BCUT2D eigenvalue weighted by atomic mass is 17.7. The normalized spacial score (nSPS) is 34.2. The van der Waals surface area contributed by atoms with Gasteiger partial charge in [-0.05, 0) is 10.1 Å². The van der Waals surface area contributed by atoms with E-state index in [-0.39, 0.29) is 12.5 Å². The van der Waals surface area contributed by atoms with E-state index in [2.05, 4.69) is 19.9 Å². The molecule has 72 valence electrons. The molecule has 3 unspecified atom stereocenters. The standard InChI is InChI=1S/C6H12O6/c1-4-3-9-11-12-10-6(4)5(8)2-7/h4-8H,2-3H2,1H3. The summed E-state index contributed by atoms with van der Waals surface area (Å²) >= 11 is 0. The summed E-state index contributed by atoms with van der Waals surface area (Å²) < 4.78 is 0. The summed E-state index contributed by atoms with van der Waals surface area (Å²) in [6.45, 7) is 1.63. The molecular weight excluding hydrogens is 168 g/mol. The van der Waals surface area contributed by atoms with E-state index in [1.165, 1.54) is 0 Å². The van der Waals surface area contributed by atoms with Crippen LogP contribution in [0.3, 0.4) is 0 Å². The van der Waals surface area contributed by atoms with Crippen LogP contribution in [0, 0.1) is 5.92 Å². The van der Waals surface area contributed by atoms with Crippen molar-refractivity contribution < 1.29 is 30.1 Å². The van der Waals surface area contributed by atoms with E-state index in [1.807, 2.05) is 0 Å². The van der Waals surface area contributed by atoms with Gasteiger partial charge in [0.25, 0.3) is 0 Å². The van der Waals surface area contributed by atoms with E-state index in [9.17, 15) is 5.11 Å². The van der Waals surface area contributed by atoms with Gasteiger partial charge in [0.2, 0.25) is 0 Å². The van der Waals surface area contributed by atoms with E-state index >= 15 is 0 Å². The summed E-state index contributed by atoms with van der Waals surface area (Å²) in [6.07, 6.45) is -1.64. The highest BCUT2D eigenvalue weighted by molar-refractivity contribution is 4.72. The predicted molar refractivity (Wildman–Crippen MR) is 35.3 cm³/mol. The zero-order valence-electron chi connectivity index (χ0n) is 6.67. The third kappa shape index (κ3) is 2.37. The first kappa shape index (κ1) is 9.85. The fourth-order valence-electron chi connectivity index (χ4n) is 0.953. The summed E-state index contributed by atoms with van der Waals surface area (Å²) in [5, 5.41) is 26.0.